The molecule has 0 rings (SSSR count). The van der Waals surface area contributed by atoms with Crippen molar-refractivity contribution in [1.29, 1.82) is 0 Å². The van der Waals surface area contributed by atoms with Crippen LogP contribution in [0.2, 0.25) is 44.3 Å². The quantitative estimate of drug-likeness (QED) is 0.333. The summed E-state index contributed by atoms with van der Waals surface area (Å²) < 4.78 is 18.8. The average Bonchev–Trinajstić information content (AvgIpc) is 2.47. The molecule has 0 aliphatic rings. The van der Waals surface area contributed by atoms with E-state index in [4.69, 9.17) is 13.3 Å². The molecular formula is C16H40O3S2Si3. The highest BCUT2D eigenvalue weighted by molar-refractivity contribution is 8.00. The van der Waals surface area contributed by atoms with Crippen LogP contribution in [-0.4, -0.2) is 68.0 Å². The molecule has 0 spiro atoms. The molecular weight excluding hydrogens is 389 g/mol. The molecule has 0 aromatic rings. The SMILES string of the molecule is CCO[Si](C)(CCO[Si](C)(C)CCO[Si](C)(CC)CSC)CSC. The maximum Gasteiger partial charge on any atom is 0.201 e. The molecule has 0 heterocycles. The molecule has 0 aromatic heterocycles. The minimum atomic E-state index is -1.63. The van der Waals surface area contributed by atoms with Crippen LogP contribution in [0.15, 0.2) is 0 Å². The largest absolute Gasteiger partial charge is 0.417 e. The van der Waals surface area contributed by atoms with Gasteiger partial charge in [0.05, 0.1) is 0 Å². The van der Waals surface area contributed by atoms with E-state index in [1.807, 2.05) is 23.5 Å². The van der Waals surface area contributed by atoms with E-state index in [0.717, 1.165) is 37.3 Å². The number of hydrogen-bond donors (Lipinski definition) is 0. The van der Waals surface area contributed by atoms with Crippen LogP contribution in [0.4, 0.5) is 0 Å². The minimum absolute atomic E-state index is 0.827. The Morgan fingerprint density at radius 1 is 0.708 bits per heavy atom. The molecule has 0 bridgehead atoms. The zero-order valence-electron chi connectivity index (χ0n) is 17.2. The van der Waals surface area contributed by atoms with Gasteiger partial charge in [0.25, 0.3) is 0 Å². The van der Waals surface area contributed by atoms with Gasteiger partial charge in [-0.1, -0.05) is 6.92 Å². The van der Waals surface area contributed by atoms with Crippen molar-refractivity contribution in [3.8, 4) is 0 Å². The molecule has 3 nitrogen and oxygen atoms in total. The van der Waals surface area contributed by atoms with Gasteiger partial charge >= 0.3 is 0 Å². The third-order valence-electron chi connectivity index (χ3n) is 4.42. The summed E-state index contributed by atoms with van der Waals surface area (Å²) in [6.07, 6.45) is 4.35. The average molecular weight is 429 g/mol. The smallest absolute Gasteiger partial charge is 0.201 e. The topological polar surface area (TPSA) is 27.7 Å². The molecule has 2 unspecified atom stereocenters. The van der Waals surface area contributed by atoms with E-state index in [2.05, 4.69) is 52.5 Å². The summed E-state index contributed by atoms with van der Waals surface area (Å²) in [7, 11) is -4.72. The van der Waals surface area contributed by atoms with E-state index in [-0.39, 0.29) is 0 Å². The summed E-state index contributed by atoms with van der Waals surface area (Å²) in [5, 5.41) is 2.35. The predicted octanol–water partition coefficient (Wildman–Crippen LogP) is 5.24. The third-order valence-corrected chi connectivity index (χ3v) is 18.7. The van der Waals surface area contributed by atoms with E-state index in [0.29, 0.717) is 0 Å². The Balaban J connectivity index is 4.25. The van der Waals surface area contributed by atoms with Gasteiger partial charge in [-0.25, -0.2) is 0 Å². The second-order valence-electron chi connectivity index (χ2n) is 7.51. The molecule has 0 fully saturated rings. The fourth-order valence-electron chi connectivity index (χ4n) is 2.55. The van der Waals surface area contributed by atoms with E-state index >= 15 is 0 Å². The Kier molecular flexibility index (Phi) is 13.2. The Labute approximate surface area is 162 Å². The predicted molar refractivity (Wildman–Crippen MR) is 121 cm³/mol. The van der Waals surface area contributed by atoms with Gasteiger partial charge in [0.15, 0.2) is 16.6 Å². The molecule has 146 valence electrons. The first-order valence-electron chi connectivity index (χ1n) is 9.05. The zero-order chi connectivity index (χ0) is 18.7. The van der Waals surface area contributed by atoms with E-state index in [1.54, 1.807) is 0 Å². The van der Waals surface area contributed by atoms with Crippen molar-refractivity contribution in [3.63, 3.8) is 0 Å². The molecule has 2 atom stereocenters. The van der Waals surface area contributed by atoms with Crippen molar-refractivity contribution in [3.05, 3.63) is 0 Å². The molecule has 24 heavy (non-hydrogen) atoms. The molecule has 8 heteroatoms. The Hall–Kier alpha value is 1.23. The summed E-state index contributed by atoms with van der Waals surface area (Å²) in [5.41, 5.74) is 0. The van der Waals surface area contributed by atoms with Crippen molar-refractivity contribution in [1.82, 2.24) is 0 Å². The highest BCUT2D eigenvalue weighted by atomic mass is 32.2. The first kappa shape index (κ1) is 25.2. The maximum atomic E-state index is 6.34. The Bertz CT molecular complexity index is 330. The lowest BCUT2D eigenvalue weighted by Gasteiger charge is -2.30. The fourth-order valence-corrected chi connectivity index (χ4v) is 13.5. The molecule has 0 N–H and O–H groups in total. The van der Waals surface area contributed by atoms with Gasteiger partial charge in [0.2, 0.25) is 8.32 Å². The second kappa shape index (κ2) is 12.6. The molecule has 0 aliphatic heterocycles. The molecule has 0 saturated carbocycles. The maximum absolute atomic E-state index is 6.34. The standard InChI is InChI=1S/C16H40O3S2Si3/c1-9-17-24(8,16-21-4)14-12-18-22(5,6)13-11-19-23(7,10-2)15-20-3/h9-16H2,1-8H3. The highest BCUT2D eigenvalue weighted by Gasteiger charge is 2.31. The summed E-state index contributed by atoms with van der Waals surface area (Å²) in [6, 6.07) is 3.40. The van der Waals surface area contributed by atoms with Crippen LogP contribution in [0.5, 0.6) is 0 Å². The van der Waals surface area contributed by atoms with Crippen molar-refractivity contribution in [2.45, 2.75) is 58.2 Å². The Morgan fingerprint density at radius 2 is 1.25 bits per heavy atom. The molecule has 0 aliphatic carbocycles. The van der Waals surface area contributed by atoms with Gasteiger partial charge in [0.1, 0.15) is 0 Å². The van der Waals surface area contributed by atoms with Crippen LogP contribution in [0.1, 0.15) is 13.8 Å². The number of rotatable bonds is 15. The van der Waals surface area contributed by atoms with Crippen molar-refractivity contribution in [2.75, 3.05) is 43.1 Å². The van der Waals surface area contributed by atoms with Gasteiger partial charge < -0.3 is 13.3 Å². The van der Waals surface area contributed by atoms with Gasteiger partial charge in [-0.2, -0.15) is 23.5 Å². The van der Waals surface area contributed by atoms with Crippen LogP contribution in [0, 0.1) is 0 Å². The molecule has 0 radical (unpaired) electrons. The Morgan fingerprint density at radius 3 is 1.75 bits per heavy atom. The number of hydrogen-bond acceptors (Lipinski definition) is 5. The molecule has 0 saturated heterocycles. The van der Waals surface area contributed by atoms with Gasteiger partial charge in [-0.15, -0.1) is 0 Å². The van der Waals surface area contributed by atoms with Crippen molar-refractivity contribution >= 4 is 48.5 Å². The lowest BCUT2D eigenvalue weighted by Crippen LogP contribution is -2.42. The first-order chi connectivity index (χ1) is 11.2. The van der Waals surface area contributed by atoms with Crippen molar-refractivity contribution < 1.29 is 13.3 Å². The van der Waals surface area contributed by atoms with Crippen molar-refractivity contribution in [2.24, 2.45) is 0 Å². The minimum Gasteiger partial charge on any atom is -0.417 e. The number of thioether (sulfide) groups is 2. The van der Waals surface area contributed by atoms with Crippen LogP contribution in [0.3, 0.4) is 0 Å². The van der Waals surface area contributed by atoms with Gasteiger partial charge in [-0.05, 0) is 63.8 Å². The van der Waals surface area contributed by atoms with E-state index in [9.17, 15) is 0 Å². The van der Waals surface area contributed by atoms with Gasteiger partial charge in [0, 0.05) is 30.6 Å². The summed E-state index contributed by atoms with van der Waals surface area (Å²) in [4.78, 5) is 0. The first-order valence-corrected chi connectivity index (χ1v) is 20.6. The van der Waals surface area contributed by atoms with Crippen LogP contribution in [0.25, 0.3) is 0 Å². The van der Waals surface area contributed by atoms with Gasteiger partial charge in [-0.3, -0.25) is 0 Å². The fraction of sp³-hybridized carbons (Fsp3) is 1.00. The zero-order valence-corrected chi connectivity index (χ0v) is 21.8. The van der Waals surface area contributed by atoms with E-state index in [1.165, 1.54) is 11.4 Å². The third kappa shape index (κ3) is 11.1. The van der Waals surface area contributed by atoms with Crippen LogP contribution >= 0.6 is 23.5 Å². The highest BCUT2D eigenvalue weighted by Crippen LogP contribution is 2.21. The lowest BCUT2D eigenvalue weighted by molar-refractivity contribution is 0.281. The summed E-state index contributed by atoms with van der Waals surface area (Å²) in [5.74, 6) is 0. The summed E-state index contributed by atoms with van der Waals surface area (Å²) in [6.45, 7) is 16.3. The summed E-state index contributed by atoms with van der Waals surface area (Å²) >= 11 is 3.83. The van der Waals surface area contributed by atoms with E-state index < -0.39 is 25.0 Å². The monoisotopic (exact) mass is 428 g/mol. The lowest BCUT2D eigenvalue weighted by atomic mass is 10.9. The van der Waals surface area contributed by atoms with Crippen LogP contribution in [-0.2, 0) is 13.3 Å². The molecule has 0 aromatic carbocycles. The molecule has 0 amide bonds. The van der Waals surface area contributed by atoms with Crippen LogP contribution < -0.4 is 0 Å². The second-order valence-corrected chi connectivity index (χ2v) is 22.9. The normalized spacial score (nSPS) is 17.5.